The Kier molecular flexibility index (Phi) is 2.07. The molecule has 5 heteroatoms. The molecule has 1 atom stereocenters. The summed E-state index contributed by atoms with van der Waals surface area (Å²) in [6.45, 7) is 0. The standard InChI is InChI=1S/C10H9NO4/c12-5-1-2-6-7(4-9(13)14)10(15)11-8(6)3-5/h1-3,7,12H,4H2,(H,11,15)(H,13,14). The predicted molar refractivity (Wildman–Crippen MR) is 51.7 cm³/mol. The summed E-state index contributed by atoms with van der Waals surface area (Å²) in [5, 5.41) is 20.4. The fourth-order valence-electron chi connectivity index (χ4n) is 1.69. The molecule has 0 saturated heterocycles. The van der Waals surface area contributed by atoms with Crippen LogP contribution in [0.25, 0.3) is 0 Å². The first-order valence-corrected chi connectivity index (χ1v) is 4.43. The Balaban J connectivity index is 2.37. The van der Waals surface area contributed by atoms with Crippen molar-refractivity contribution in [1.82, 2.24) is 0 Å². The van der Waals surface area contributed by atoms with Crippen LogP contribution in [0.2, 0.25) is 0 Å². The molecule has 2 rings (SSSR count). The molecule has 1 aliphatic heterocycles. The maximum atomic E-state index is 11.4. The van der Waals surface area contributed by atoms with E-state index in [1.54, 1.807) is 6.07 Å². The van der Waals surface area contributed by atoms with Crippen molar-refractivity contribution in [2.45, 2.75) is 12.3 Å². The van der Waals surface area contributed by atoms with E-state index in [4.69, 9.17) is 5.11 Å². The van der Waals surface area contributed by atoms with Gasteiger partial charge in [0.25, 0.3) is 0 Å². The van der Waals surface area contributed by atoms with Gasteiger partial charge in [-0.15, -0.1) is 0 Å². The Morgan fingerprint density at radius 1 is 1.47 bits per heavy atom. The van der Waals surface area contributed by atoms with Crippen molar-refractivity contribution in [2.24, 2.45) is 0 Å². The van der Waals surface area contributed by atoms with Crippen LogP contribution in [-0.2, 0) is 9.59 Å². The zero-order valence-electron chi connectivity index (χ0n) is 7.73. The third-order valence-corrected chi connectivity index (χ3v) is 2.37. The topological polar surface area (TPSA) is 86.6 Å². The Morgan fingerprint density at radius 3 is 2.87 bits per heavy atom. The number of nitrogens with one attached hydrogen (secondary N) is 1. The van der Waals surface area contributed by atoms with Crippen LogP contribution in [0.15, 0.2) is 18.2 Å². The van der Waals surface area contributed by atoms with E-state index in [-0.39, 0.29) is 18.1 Å². The maximum Gasteiger partial charge on any atom is 0.304 e. The second-order valence-corrected chi connectivity index (χ2v) is 3.41. The van der Waals surface area contributed by atoms with Gasteiger partial charge in [-0.2, -0.15) is 0 Å². The molecule has 78 valence electrons. The van der Waals surface area contributed by atoms with Crippen molar-refractivity contribution in [3.8, 4) is 5.75 Å². The van der Waals surface area contributed by atoms with Gasteiger partial charge in [0.1, 0.15) is 5.75 Å². The monoisotopic (exact) mass is 207 g/mol. The molecule has 1 aliphatic rings. The SMILES string of the molecule is O=C(O)CC1C(=O)Nc2cc(O)ccc21. The molecule has 0 bridgehead atoms. The molecular formula is C10H9NO4. The number of hydrogen-bond acceptors (Lipinski definition) is 3. The summed E-state index contributed by atoms with van der Waals surface area (Å²) in [6, 6.07) is 4.42. The fraction of sp³-hybridized carbons (Fsp3) is 0.200. The van der Waals surface area contributed by atoms with Crippen molar-refractivity contribution in [3.05, 3.63) is 23.8 Å². The number of carbonyl (C=O) groups is 2. The lowest BCUT2D eigenvalue weighted by Gasteiger charge is -2.04. The second-order valence-electron chi connectivity index (χ2n) is 3.41. The van der Waals surface area contributed by atoms with Gasteiger partial charge in [-0.25, -0.2) is 0 Å². The number of aromatic hydroxyl groups is 1. The fourth-order valence-corrected chi connectivity index (χ4v) is 1.69. The number of carboxylic acids is 1. The average molecular weight is 207 g/mol. The molecule has 0 aromatic heterocycles. The van der Waals surface area contributed by atoms with Gasteiger partial charge in [0.05, 0.1) is 12.3 Å². The van der Waals surface area contributed by atoms with Gasteiger partial charge in [0.15, 0.2) is 0 Å². The van der Waals surface area contributed by atoms with Crippen LogP contribution in [0.3, 0.4) is 0 Å². The van der Waals surface area contributed by atoms with Gasteiger partial charge >= 0.3 is 5.97 Å². The first-order chi connectivity index (χ1) is 7.08. The smallest absolute Gasteiger partial charge is 0.304 e. The van der Waals surface area contributed by atoms with Crippen LogP contribution < -0.4 is 5.32 Å². The highest BCUT2D eigenvalue weighted by molar-refractivity contribution is 6.04. The Labute approximate surface area is 85.3 Å². The van der Waals surface area contributed by atoms with Crippen molar-refractivity contribution < 1.29 is 19.8 Å². The highest BCUT2D eigenvalue weighted by Crippen LogP contribution is 2.36. The lowest BCUT2D eigenvalue weighted by Crippen LogP contribution is -2.15. The van der Waals surface area contributed by atoms with Crippen LogP contribution >= 0.6 is 0 Å². The van der Waals surface area contributed by atoms with Crippen LogP contribution in [0.4, 0.5) is 5.69 Å². The lowest BCUT2D eigenvalue weighted by molar-refractivity contribution is -0.138. The van der Waals surface area contributed by atoms with Gasteiger partial charge in [-0.3, -0.25) is 9.59 Å². The molecule has 0 aliphatic carbocycles. The van der Waals surface area contributed by atoms with E-state index in [0.717, 1.165) is 0 Å². The van der Waals surface area contributed by atoms with Crippen molar-refractivity contribution in [2.75, 3.05) is 5.32 Å². The quantitative estimate of drug-likeness (QED) is 0.672. The molecule has 0 saturated carbocycles. The molecule has 1 heterocycles. The van der Waals surface area contributed by atoms with E-state index in [2.05, 4.69) is 5.32 Å². The Bertz CT molecular complexity index is 441. The molecule has 0 fully saturated rings. The highest BCUT2D eigenvalue weighted by atomic mass is 16.4. The van der Waals surface area contributed by atoms with Gasteiger partial charge in [0.2, 0.25) is 5.91 Å². The summed E-state index contributed by atoms with van der Waals surface area (Å²) in [6.07, 6.45) is -0.233. The van der Waals surface area contributed by atoms with E-state index in [9.17, 15) is 14.7 Å². The summed E-state index contributed by atoms with van der Waals surface area (Å²) in [7, 11) is 0. The first-order valence-electron chi connectivity index (χ1n) is 4.43. The number of aliphatic carboxylic acids is 1. The van der Waals surface area contributed by atoms with E-state index in [1.165, 1.54) is 12.1 Å². The molecule has 1 unspecified atom stereocenters. The molecule has 0 spiro atoms. The summed E-state index contributed by atoms with van der Waals surface area (Å²) in [5.74, 6) is -1.96. The molecule has 15 heavy (non-hydrogen) atoms. The number of hydrogen-bond donors (Lipinski definition) is 3. The van der Waals surface area contributed by atoms with E-state index in [0.29, 0.717) is 11.3 Å². The number of amides is 1. The van der Waals surface area contributed by atoms with Crippen LogP contribution in [0.1, 0.15) is 17.9 Å². The summed E-state index contributed by atoms with van der Waals surface area (Å²) >= 11 is 0. The first kappa shape index (κ1) is 9.51. The lowest BCUT2D eigenvalue weighted by atomic mass is 9.97. The molecule has 1 aromatic rings. The van der Waals surface area contributed by atoms with Crippen molar-refractivity contribution >= 4 is 17.6 Å². The summed E-state index contributed by atoms with van der Waals surface area (Å²) in [4.78, 5) is 22.0. The average Bonchev–Trinajstić information content (AvgIpc) is 2.41. The third kappa shape index (κ3) is 1.63. The Hall–Kier alpha value is -2.04. The molecular weight excluding hydrogens is 198 g/mol. The molecule has 1 aromatic carbocycles. The van der Waals surface area contributed by atoms with Gasteiger partial charge < -0.3 is 15.5 Å². The normalized spacial score (nSPS) is 18.4. The number of fused-ring (bicyclic) bond motifs is 1. The molecule has 5 nitrogen and oxygen atoms in total. The van der Waals surface area contributed by atoms with E-state index >= 15 is 0 Å². The number of rotatable bonds is 2. The molecule has 3 N–H and O–H groups in total. The van der Waals surface area contributed by atoms with E-state index < -0.39 is 11.9 Å². The second kappa shape index (κ2) is 3.27. The van der Waals surface area contributed by atoms with Crippen molar-refractivity contribution in [3.63, 3.8) is 0 Å². The number of benzene rings is 1. The largest absolute Gasteiger partial charge is 0.508 e. The van der Waals surface area contributed by atoms with Crippen LogP contribution in [0, 0.1) is 0 Å². The molecule has 1 amide bonds. The van der Waals surface area contributed by atoms with Gasteiger partial charge in [0, 0.05) is 11.8 Å². The number of carbonyl (C=O) groups excluding carboxylic acids is 1. The number of phenols is 1. The third-order valence-electron chi connectivity index (χ3n) is 2.37. The molecule has 0 radical (unpaired) electrons. The number of phenolic OH excluding ortho intramolecular Hbond substituents is 1. The Morgan fingerprint density at radius 2 is 2.20 bits per heavy atom. The van der Waals surface area contributed by atoms with Gasteiger partial charge in [-0.05, 0) is 11.6 Å². The maximum absolute atomic E-state index is 11.4. The zero-order valence-corrected chi connectivity index (χ0v) is 7.73. The van der Waals surface area contributed by atoms with Crippen LogP contribution in [0.5, 0.6) is 5.75 Å². The highest BCUT2D eigenvalue weighted by Gasteiger charge is 2.32. The predicted octanol–water partition coefficient (Wildman–Crippen LogP) is 0.903. The minimum absolute atomic E-state index is 0.0463. The number of anilines is 1. The zero-order chi connectivity index (χ0) is 11.0. The minimum Gasteiger partial charge on any atom is -0.508 e. The van der Waals surface area contributed by atoms with Crippen molar-refractivity contribution in [1.29, 1.82) is 0 Å². The minimum atomic E-state index is -1.02. The number of carboxylic acid groups (broad SMARTS) is 1. The summed E-state index contributed by atoms with van der Waals surface area (Å²) in [5.41, 5.74) is 1.12. The van der Waals surface area contributed by atoms with E-state index in [1.807, 2.05) is 0 Å². The van der Waals surface area contributed by atoms with Crippen LogP contribution in [-0.4, -0.2) is 22.1 Å². The summed E-state index contributed by atoms with van der Waals surface area (Å²) < 4.78 is 0. The van der Waals surface area contributed by atoms with Gasteiger partial charge in [-0.1, -0.05) is 6.07 Å².